The second-order valence-electron chi connectivity index (χ2n) is 5.12. The molecule has 0 radical (unpaired) electrons. The summed E-state index contributed by atoms with van der Waals surface area (Å²) in [5.74, 6) is -1.08. The maximum atomic E-state index is 12.0. The number of ether oxygens (including phenoxy) is 1. The number of nitrogen functional groups attached to an aromatic ring is 1. The van der Waals surface area contributed by atoms with Crippen LogP contribution in [0.2, 0.25) is 5.02 Å². The summed E-state index contributed by atoms with van der Waals surface area (Å²) in [4.78, 5) is 23.9. The van der Waals surface area contributed by atoms with E-state index in [1.165, 1.54) is 0 Å². The monoisotopic (exact) mass is 332 g/mol. The van der Waals surface area contributed by atoms with Gasteiger partial charge in [-0.2, -0.15) is 0 Å². The molecule has 0 bridgehead atoms. The topological polar surface area (TPSA) is 81.4 Å². The van der Waals surface area contributed by atoms with Crippen molar-refractivity contribution < 1.29 is 14.3 Å². The SMILES string of the molecule is Cc1ccc(Cl)cc1NC(=O)COC(=O)c1cccc(C)c1N. The molecule has 2 aromatic carbocycles. The number of rotatable bonds is 4. The van der Waals surface area contributed by atoms with Gasteiger partial charge in [0.25, 0.3) is 5.91 Å². The summed E-state index contributed by atoms with van der Waals surface area (Å²) < 4.78 is 5.00. The maximum absolute atomic E-state index is 12.0. The Morgan fingerprint density at radius 3 is 2.65 bits per heavy atom. The molecule has 0 aliphatic heterocycles. The number of benzene rings is 2. The van der Waals surface area contributed by atoms with E-state index in [9.17, 15) is 9.59 Å². The van der Waals surface area contributed by atoms with Gasteiger partial charge in [0.15, 0.2) is 6.61 Å². The molecule has 0 heterocycles. The van der Waals surface area contributed by atoms with Crippen molar-refractivity contribution in [3.8, 4) is 0 Å². The summed E-state index contributed by atoms with van der Waals surface area (Å²) in [6.07, 6.45) is 0. The Morgan fingerprint density at radius 1 is 1.17 bits per heavy atom. The van der Waals surface area contributed by atoms with Gasteiger partial charge in [-0.1, -0.05) is 29.8 Å². The van der Waals surface area contributed by atoms with Crippen LogP contribution >= 0.6 is 11.6 Å². The van der Waals surface area contributed by atoms with Gasteiger partial charge in [0.1, 0.15) is 0 Å². The molecule has 0 fully saturated rings. The Bertz CT molecular complexity index is 759. The van der Waals surface area contributed by atoms with E-state index in [4.69, 9.17) is 22.1 Å². The van der Waals surface area contributed by atoms with Crippen LogP contribution < -0.4 is 11.1 Å². The summed E-state index contributed by atoms with van der Waals surface area (Å²) in [6, 6.07) is 10.2. The smallest absolute Gasteiger partial charge is 0.340 e. The third-order valence-electron chi connectivity index (χ3n) is 3.35. The molecule has 2 rings (SSSR count). The Morgan fingerprint density at radius 2 is 1.91 bits per heavy atom. The van der Waals surface area contributed by atoms with Crippen LogP contribution in [0.15, 0.2) is 36.4 Å². The summed E-state index contributed by atoms with van der Waals surface area (Å²) in [6.45, 7) is 3.23. The average molecular weight is 333 g/mol. The Kier molecular flexibility index (Phi) is 5.24. The Hall–Kier alpha value is -2.53. The number of amides is 1. The molecule has 23 heavy (non-hydrogen) atoms. The lowest BCUT2D eigenvalue weighted by Crippen LogP contribution is -2.21. The minimum absolute atomic E-state index is 0.247. The van der Waals surface area contributed by atoms with Crippen molar-refractivity contribution in [1.82, 2.24) is 0 Å². The highest BCUT2D eigenvalue weighted by Gasteiger charge is 2.14. The second-order valence-corrected chi connectivity index (χ2v) is 5.56. The number of nitrogens with one attached hydrogen (secondary N) is 1. The zero-order chi connectivity index (χ0) is 17.0. The summed E-state index contributed by atoms with van der Waals surface area (Å²) in [7, 11) is 0. The van der Waals surface area contributed by atoms with Gasteiger partial charge in [0, 0.05) is 16.4 Å². The Balaban J connectivity index is 1.98. The van der Waals surface area contributed by atoms with Gasteiger partial charge in [0.2, 0.25) is 0 Å². The molecule has 0 aliphatic carbocycles. The van der Waals surface area contributed by atoms with Crippen molar-refractivity contribution in [2.45, 2.75) is 13.8 Å². The van der Waals surface area contributed by atoms with E-state index < -0.39 is 18.5 Å². The second kappa shape index (κ2) is 7.15. The minimum Gasteiger partial charge on any atom is -0.452 e. The highest BCUT2D eigenvalue weighted by molar-refractivity contribution is 6.31. The lowest BCUT2D eigenvalue weighted by molar-refractivity contribution is -0.119. The zero-order valence-electron chi connectivity index (χ0n) is 12.9. The van der Waals surface area contributed by atoms with Gasteiger partial charge in [-0.05, 0) is 43.2 Å². The van der Waals surface area contributed by atoms with Gasteiger partial charge in [-0.15, -0.1) is 0 Å². The van der Waals surface area contributed by atoms with Gasteiger partial charge in [-0.25, -0.2) is 4.79 Å². The summed E-state index contributed by atoms with van der Waals surface area (Å²) >= 11 is 5.89. The number of esters is 1. The number of carbonyl (C=O) groups is 2. The average Bonchev–Trinajstić information content (AvgIpc) is 2.51. The van der Waals surface area contributed by atoms with Crippen LogP contribution in [0.1, 0.15) is 21.5 Å². The number of carbonyl (C=O) groups excluding carboxylic acids is 2. The maximum Gasteiger partial charge on any atom is 0.340 e. The number of nitrogens with two attached hydrogens (primary N) is 1. The Labute approximate surface area is 139 Å². The standard InChI is InChI=1S/C17H17ClN2O3/c1-10-6-7-12(18)8-14(10)20-15(21)9-23-17(22)13-5-3-4-11(2)16(13)19/h3-8H,9,19H2,1-2H3,(H,20,21). The first-order chi connectivity index (χ1) is 10.9. The summed E-state index contributed by atoms with van der Waals surface area (Å²) in [5, 5.41) is 3.16. The van der Waals surface area contributed by atoms with Crippen LogP contribution in [-0.4, -0.2) is 18.5 Å². The first kappa shape index (κ1) is 16.8. The predicted molar refractivity (Wildman–Crippen MR) is 90.7 cm³/mol. The largest absolute Gasteiger partial charge is 0.452 e. The van der Waals surface area contributed by atoms with Crippen molar-refractivity contribution in [3.05, 3.63) is 58.1 Å². The number of halogens is 1. The van der Waals surface area contributed by atoms with Crippen LogP contribution in [0.25, 0.3) is 0 Å². The van der Waals surface area contributed by atoms with E-state index in [1.54, 1.807) is 43.3 Å². The van der Waals surface area contributed by atoms with Gasteiger partial charge in [0.05, 0.1) is 5.56 Å². The van der Waals surface area contributed by atoms with Crippen molar-refractivity contribution in [2.24, 2.45) is 0 Å². The molecular formula is C17H17ClN2O3. The third-order valence-corrected chi connectivity index (χ3v) is 3.59. The molecule has 3 N–H and O–H groups in total. The molecule has 0 aromatic heterocycles. The molecule has 1 amide bonds. The molecular weight excluding hydrogens is 316 g/mol. The lowest BCUT2D eigenvalue weighted by atomic mass is 10.1. The number of aryl methyl sites for hydroxylation is 2. The molecule has 120 valence electrons. The van der Waals surface area contributed by atoms with Crippen molar-refractivity contribution in [3.63, 3.8) is 0 Å². The molecule has 0 saturated heterocycles. The fraction of sp³-hybridized carbons (Fsp3) is 0.176. The number of hydrogen-bond acceptors (Lipinski definition) is 4. The van der Waals surface area contributed by atoms with Gasteiger partial charge < -0.3 is 15.8 Å². The molecule has 6 heteroatoms. The predicted octanol–water partition coefficient (Wildman–Crippen LogP) is 3.33. The number of hydrogen-bond donors (Lipinski definition) is 2. The van der Waals surface area contributed by atoms with E-state index in [0.29, 0.717) is 16.4 Å². The molecule has 0 saturated carbocycles. The normalized spacial score (nSPS) is 10.2. The van der Waals surface area contributed by atoms with Crippen molar-refractivity contribution >= 4 is 34.9 Å². The molecule has 0 unspecified atom stereocenters. The molecule has 5 nitrogen and oxygen atoms in total. The quantitative estimate of drug-likeness (QED) is 0.664. The first-order valence-corrected chi connectivity index (χ1v) is 7.34. The highest BCUT2D eigenvalue weighted by Crippen LogP contribution is 2.20. The summed E-state index contributed by atoms with van der Waals surface area (Å²) in [5.41, 5.74) is 8.64. The van der Waals surface area contributed by atoms with Crippen molar-refractivity contribution in [1.29, 1.82) is 0 Å². The molecule has 0 spiro atoms. The van der Waals surface area contributed by atoms with Crippen LogP contribution in [0.3, 0.4) is 0 Å². The van der Waals surface area contributed by atoms with Crippen LogP contribution in [0.5, 0.6) is 0 Å². The molecule has 0 atom stereocenters. The van der Waals surface area contributed by atoms with E-state index in [1.807, 2.05) is 6.92 Å². The fourth-order valence-electron chi connectivity index (χ4n) is 1.98. The fourth-order valence-corrected chi connectivity index (χ4v) is 2.15. The van der Waals surface area contributed by atoms with Crippen LogP contribution in [0, 0.1) is 13.8 Å². The minimum atomic E-state index is -0.635. The third kappa shape index (κ3) is 4.23. The molecule has 2 aromatic rings. The molecule has 0 aliphatic rings. The van der Waals surface area contributed by atoms with Crippen molar-refractivity contribution in [2.75, 3.05) is 17.7 Å². The van der Waals surface area contributed by atoms with E-state index >= 15 is 0 Å². The van der Waals surface area contributed by atoms with E-state index in [0.717, 1.165) is 11.1 Å². The van der Waals surface area contributed by atoms with Crippen LogP contribution in [0.4, 0.5) is 11.4 Å². The van der Waals surface area contributed by atoms with Gasteiger partial charge >= 0.3 is 5.97 Å². The van der Waals surface area contributed by atoms with Crippen LogP contribution in [-0.2, 0) is 9.53 Å². The lowest BCUT2D eigenvalue weighted by Gasteiger charge is -2.10. The number of anilines is 2. The first-order valence-electron chi connectivity index (χ1n) is 6.96. The van der Waals surface area contributed by atoms with E-state index in [2.05, 4.69) is 5.32 Å². The van der Waals surface area contributed by atoms with Gasteiger partial charge in [-0.3, -0.25) is 4.79 Å². The zero-order valence-corrected chi connectivity index (χ0v) is 13.6. The number of para-hydroxylation sites is 1. The van der Waals surface area contributed by atoms with E-state index in [-0.39, 0.29) is 5.56 Å². The highest BCUT2D eigenvalue weighted by atomic mass is 35.5.